The summed E-state index contributed by atoms with van der Waals surface area (Å²) in [7, 11) is 0. The molecule has 2 rings (SSSR count). The van der Waals surface area contributed by atoms with Crippen molar-refractivity contribution in [3.8, 4) is 0 Å². The van der Waals surface area contributed by atoms with E-state index in [0.29, 0.717) is 43.2 Å². The van der Waals surface area contributed by atoms with Crippen LogP contribution in [-0.4, -0.2) is 49.4 Å². The van der Waals surface area contributed by atoms with Gasteiger partial charge in [0, 0.05) is 32.6 Å². The number of hydrogen-bond acceptors (Lipinski definition) is 4. The summed E-state index contributed by atoms with van der Waals surface area (Å²) in [5, 5.41) is 6.20. The lowest BCUT2D eigenvalue weighted by atomic mass is 9.92. The summed E-state index contributed by atoms with van der Waals surface area (Å²) in [6.45, 7) is 7.76. The van der Waals surface area contributed by atoms with Crippen LogP contribution in [0.15, 0.2) is 35.9 Å². The van der Waals surface area contributed by atoms with E-state index in [-0.39, 0.29) is 11.8 Å². The molecule has 4 N–H and O–H groups in total. The van der Waals surface area contributed by atoms with Crippen molar-refractivity contribution >= 4 is 17.5 Å². The van der Waals surface area contributed by atoms with Gasteiger partial charge in [0.1, 0.15) is 0 Å². The minimum atomic E-state index is -0.0868. The Hall–Kier alpha value is -2.18. The first-order valence-electron chi connectivity index (χ1n) is 10.3. The molecule has 6 nitrogen and oxygen atoms in total. The van der Waals surface area contributed by atoms with Gasteiger partial charge in [0.05, 0.1) is 11.3 Å². The van der Waals surface area contributed by atoms with Crippen molar-refractivity contribution in [3.05, 3.63) is 41.5 Å². The second-order valence-electron chi connectivity index (χ2n) is 7.32. The molecule has 0 bridgehead atoms. The van der Waals surface area contributed by atoms with Gasteiger partial charge in [0.25, 0.3) is 5.91 Å². The summed E-state index contributed by atoms with van der Waals surface area (Å²) in [4.78, 5) is 27.3. The maximum Gasteiger partial charge on any atom is 0.256 e. The van der Waals surface area contributed by atoms with Crippen LogP contribution in [0.2, 0.25) is 0 Å². The number of carbonyl (C=O) groups is 2. The van der Waals surface area contributed by atoms with E-state index in [1.807, 2.05) is 30.0 Å². The zero-order valence-electron chi connectivity index (χ0n) is 17.2. The highest BCUT2D eigenvalue weighted by atomic mass is 16.2. The number of piperazine rings is 1. The number of para-hydroxylation sites is 1. The van der Waals surface area contributed by atoms with E-state index in [1.54, 1.807) is 12.1 Å². The Labute approximate surface area is 168 Å². The first-order valence-corrected chi connectivity index (χ1v) is 10.3. The van der Waals surface area contributed by atoms with Crippen LogP contribution in [0.3, 0.4) is 0 Å². The maximum absolute atomic E-state index is 12.9. The molecule has 1 saturated heterocycles. The minimum Gasteiger partial charge on any atom is -0.336 e. The topological polar surface area (TPSA) is 87.5 Å². The highest BCUT2D eigenvalue weighted by Gasteiger charge is 2.21. The van der Waals surface area contributed by atoms with Crippen molar-refractivity contribution in [1.82, 2.24) is 10.2 Å². The lowest BCUT2D eigenvalue weighted by molar-refractivity contribution is -0.115. The highest BCUT2D eigenvalue weighted by Crippen LogP contribution is 2.22. The lowest BCUT2D eigenvalue weighted by Gasteiger charge is -2.28. The molecule has 0 saturated carbocycles. The molecule has 1 unspecified atom stereocenters. The average Bonchev–Trinajstić information content (AvgIpc) is 2.73. The number of anilines is 1. The monoisotopic (exact) mass is 386 g/mol. The van der Waals surface area contributed by atoms with Crippen LogP contribution in [-0.2, 0) is 4.79 Å². The summed E-state index contributed by atoms with van der Waals surface area (Å²) in [5.74, 6) is 0.388. The first kappa shape index (κ1) is 22.1. The number of rotatable bonds is 9. The zero-order valence-corrected chi connectivity index (χ0v) is 17.2. The van der Waals surface area contributed by atoms with E-state index in [9.17, 15) is 9.59 Å². The third kappa shape index (κ3) is 6.46. The molecule has 0 spiro atoms. The number of carbonyl (C=O) groups excluding carboxylic acids is 2. The Morgan fingerprint density at radius 2 is 2.00 bits per heavy atom. The predicted molar refractivity (Wildman–Crippen MR) is 114 cm³/mol. The Morgan fingerprint density at radius 1 is 1.29 bits per heavy atom. The molecule has 1 aliphatic heterocycles. The van der Waals surface area contributed by atoms with Crippen LogP contribution < -0.4 is 16.4 Å². The predicted octanol–water partition coefficient (Wildman–Crippen LogP) is 2.77. The van der Waals surface area contributed by atoms with E-state index in [0.717, 1.165) is 37.9 Å². The fraction of sp³-hybridized carbons (Fsp3) is 0.545. The van der Waals surface area contributed by atoms with E-state index in [4.69, 9.17) is 5.73 Å². The van der Waals surface area contributed by atoms with Gasteiger partial charge in [-0.1, -0.05) is 37.1 Å². The molecule has 2 amide bonds. The molecule has 0 aromatic heterocycles. The van der Waals surface area contributed by atoms with Gasteiger partial charge in [-0.15, -0.1) is 0 Å². The minimum absolute atomic E-state index is 0.0300. The van der Waals surface area contributed by atoms with Gasteiger partial charge in [-0.2, -0.15) is 0 Å². The molecule has 1 aromatic rings. The fourth-order valence-corrected chi connectivity index (χ4v) is 3.57. The summed E-state index contributed by atoms with van der Waals surface area (Å²) >= 11 is 0. The summed E-state index contributed by atoms with van der Waals surface area (Å²) in [6, 6.07) is 7.26. The van der Waals surface area contributed by atoms with Crippen molar-refractivity contribution in [2.45, 2.75) is 39.5 Å². The molecule has 1 fully saturated rings. The summed E-state index contributed by atoms with van der Waals surface area (Å²) < 4.78 is 0. The lowest BCUT2D eigenvalue weighted by Crippen LogP contribution is -2.46. The maximum atomic E-state index is 12.9. The SMILES string of the molecule is C/C=C(\CC(=O)Nc1ccccc1C(=O)N1CCNCC1)CC(CC)CCN. The number of benzene rings is 1. The molecule has 0 radical (unpaired) electrons. The van der Waals surface area contributed by atoms with Gasteiger partial charge in [-0.25, -0.2) is 0 Å². The largest absolute Gasteiger partial charge is 0.336 e. The second kappa shape index (κ2) is 11.6. The number of nitrogens with zero attached hydrogens (tertiary/aromatic N) is 1. The van der Waals surface area contributed by atoms with Crippen LogP contribution in [0.5, 0.6) is 0 Å². The van der Waals surface area contributed by atoms with Crippen LogP contribution in [0.25, 0.3) is 0 Å². The summed E-state index contributed by atoms with van der Waals surface area (Å²) in [6.07, 6.45) is 5.28. The van der Waals surface area contributed by atoms with Crippen molar-refractivity contribution in [3.63, 3.8) is 0 Å². The molecule has 6 heteroatoms. The van der Waals surface area contributed by atoms with Gasteiger partial charge in [0.15, 0.2) is 0 Å². The third-order valence-electron chi connectivity index (χ3n) is 5.33. The van der Waals surface area contributed by atoms with Crippen molar-refractivity contribution < 1.29 is 9.59 Å². The van der Waals surface area contributed by atoms with Crippen LogP contribution in [0, 0.1) is 5.92 Å². The Balaban J connectivity index is 2.02. The van der Waals surface area contributed by atoms with Gasteiger partial charge in [-0.05, 0) is 44.4 Å². The Bertz CT molecular complexity index is 681. The van der Waals surface area contributed by atoms with Gasteiger partial charge >= 0.3 is 0 Å². The third-order valence-corrected chi connectivity index (χ3v) is 5.33. The number of nitrogens with one attached hydrogen (secondary N) is 2. The molecular weight excluding hydrogens is 352 g/mol. The standard InChI is InChI=1S/C22H34N4O2/c1-3-17(9-10-23)15-18(4-2)16-21(27)25-20-8-6-5-7-19(20)22(28)26-13-11-24-12-14-26/h4-8,17,24H,3,9-16,23H2,1-2H3,(H,25,27)/b18-4-. The first-order chi connectivity index (χ1) is 13.6. The Morgan fingerprint density at radius 3 is 2.64 bits per heavy atom. The van der Waals surface area contributed by atoms with Crippen LogP contribution >= 0.6 is 0 Å². The second-order valence-corrected chi connectivity index (χ2v) is 7.32. The van der Waals surface area contributed by atoms with E-state index in [1.165, 1.54) is 0 Å². The normalized spacial score (nSPS) is 16.0. The molecule has 1 atom stereocenters. The number of hydrogen-bond donors (Lipinski definition) is 3. The molecule has 28 heavy (non-hydrogen) atoms. The average molecular weight is 387 g/mol. The molecular formula is C22H34N4O2. The van der Waals surface area contributed by atoms with E-state index >= 15 is 0 Å². The smallest absolute Gasteiger partial charge is 0.256 e. The molecule has 0 aliphatic carbocycles. The van der Waals surface area contributed by atoms with Gasteiger partial charge in [-0.3, -0.25) is 9.59 Å². The molecule has 1 aromatic carbocycles. The number of nitrogens with two attached hydrogens (primary N) is 1. The zero-order chi connectivity index (χ0) is 20.4. The van der Waals surface area contributed by atoms with Gasteiger partial charge in [0.2, 0.25) is 5.91 Å². The van der Waals surface area contributed by atoms with E-state index < -0.39 is 0 Å². The Kier molecular flexibility index (Phi) is 9.17. The number of amides is 2. The molecule has 1 aliphatic rings. The quantitative estimate of drug-likeness (QED) is 0.570. The molecule has 154 valence electrons. The van der Waals surface area contributed by atoms with Crippen molar-refractivity contribution in [2.24, 2.45) is 11.7 Å². The molecule has 1 heterocycles. The van der Waals surface area contributed by atoms with E-state index in [2.05, 4.69) is 17.6 Å². The van der Waals surface area contributed by atoms with Crippen LogP contribution in [0.1, 0.15) is 49.9 Å². The van der Waals surface area contributed by atoms with Gasteiger partial charge < -0.3 is 21.3 Å². The number of allylic oxidation sites excluding steroid dienone is 1. The van der Waals surface area contributed by atoms with Crippen molar-refractivity contribution in [1.29, 1.82) is 0 Å². The highest BCUT2D eigenvalue weighted by molar-refractivity contribution is 6.04. The van der Waals surface area contributed by atoms with Crippen LogP contribution in [0.4, 0.5) is 5.69 Å². The summed E-state index contributed by atoms with van der Waals surface area (Å²) in [5.41, 5.74) is 7.94. The van der Waals surface area contributed by atoms with Crippen molar-refractivity contribution in [2.75, 3.05) is 38.0 Å². The fourth-order valence-electron chi connectivity index (χ4n) is 3.57.